The SMILES string of the molecule is CCCn1c(=O)sc2cc(S(=O)(=O)NC3CC4CCC3C4)ccc21. The van der Waals surface area contributed by atoms with Gasteiger partial charge in [-0.2, -0.15) is 0 Å². The van der Waals surface area contributed by atoms with Crippen LogP contribution in [0.15, 0.2) is 27.9 Å². The third-order valence-corrected chi connectivity index (χ3v) is 7.87. The Morgan fingerprint density at radius 3 is 2.79 bits per heavy atom. The van der Waals surface area contributed by atoms with Crippen LogP contribution in [0.5, 0.6) is 0 Å². The smallest absolute Gasteiger partial charge is 0.299 e. The lowest BCUT2D eigenvalue weighted by Crippen LogP contribution is -2.38. The van der Waals surface area contributed by atoms with Crippen molar-refractivity contribution in [3.8, 4) is 0 Å². The zero-order chi connectivity index (χ0) is 16.9. The van der Waals surface area contributed by atoms with E-state index in [1.54, 1.807) is 22.8 Å². The molecular formula is C17H22N2O3S2. The summed E-state index contributed by atoms with van der Waals surface area (Å²) in [7, 11) is -3.53. The van der Waals surface area contributed by atoms with Gasteiger partial charge in [-0.15, -0.1) is 0 Å². The lowest BCUT2D eigenvalue weighted by atomic mass is 9.96. The summed E-state index contributed by atoms with van der Waals surface area (Å²) in [5.74, 6) is 1.19. The highest BCUT2D eigenvalue weighted by Gasteiger charge is 2.41. The minimum atomic E-state index is -3.53. The third-order valence-electron chi connectivity index (χ3n) is 5.44. The van der Waals surface area contributed by atoms with Gasteiger partial charge in [0.25, 0.3) is 0 Å². The summed E-state index contributed by atoms with van der Waals surface area (Å²) in [4.78, 5) is 12.3. The van der Waals surface area contributed by atoms with Crippen molar-refractivity contribution in [3.63, 3.8) is 0 Å². The van der Waals surface area contributed by atoms with Gasteiger partial charge < -0.3 is 0 Å². The molecule has 7 heteroatoms. The van der Waals surface area contributed by atoms with Gasteiger partial charge in [0.1, 0.15) is 0 Å². The molecule has 3 unspecified atom stereocenters. The molecule has 130 valence electrons. The van der Waals surface area contributed by atoms with E-state index in [-0.39, 0.29) is 15.8 Å². The molecule has 1 aromatic carbocycles. The minimum absolute atomic E-state index is 0.0255. The largest absolute Gasteiger partial charge is 0.308 e. The highest BCUT2D eigenvalue weighted by Crippen LogP contribution is 2.44. The lowest BCUT2D eigenvalue weighted by Gasteiger charge is -2.22. The highest BCUT2D eigenvalue weighted by atomic mass is 32.2. The molecule has 5 nitrogen and oxygen atoms in total. The van der Waals surface area contributed by atoms with E-state index in [0.717, 1.165) is 47.2 Å². The average molecular weight is 367 g/mol. The standard InChI is InChI=1S/C17H22N2O3S2/c1-2-7-19-15-6-5-13(10-16(15)23-17(19)20)24(21,22)18-14-9-11-3-4-12(14)8-11/h5-6,10-12,14,18H,2-4,7-9H2,1H3. The maximum Gasteiger partial charge on any atom is 0.308 e. The van der Waals surface area contributed by atoms with Gasteiger partial charge in [0.2, 0.25) is 10.0 Å². The van der Waals surface area contributed by atoms with E-state index in [1.807, 2.05) is 6.92 Å². The Morgan fingerprint density at radius 2 is 2.12 bits per heavy atom. The predicted octanol–water partition coefficient (Wildman–Crippen LogP) is 2.94. The van der Waals surface area contributed by atoms with E-state index in [1.165, 1.54) is 6.42 Å². The second kappa shape index (κ2) is 5.97. The van der Waals surface area contributed by atoms with E-state index in [9.17, 15) is 13.2 Å². The zero-order valence-electron chi connectivity index (χ0n) is 13.7. The van der Waals surface area contributed by atoms with Crippen molar-refractivity contribution in [1.29, 1.82) is 0 Å². The van der Waals surface area contributed by atoms with Crippen LogP contribution in [-0.4, -0.2) is 19.0 Å². The molecular weight excluding hydrogens is 344 g/mol. The number of benzene rings is 1. The first-order chi connectivity index (χ1) is 11.5. The number of aromatic nitrogens is 1. The summed E-state index contributed by atoms with van der Waals surface area (Å²) in [6, 6.07) is 5.10. The number of thiazole rings is 1. The van der Waals surface area contributed by atoms with Crippen molar-refractivity contribution in [2.24, 2.45) is 11.8 Å². The molecule has 2 aliphatic carbocycles. The van der Waals surface area contributed by atoms with Crippen molar-refractivity contribution in [2.45, 2.75) is 56.5 Å². The molecule has 0 radical (unpaired) electrons. The number of fused-ring (bicyclic) bond motifs is 3. The highest BCUT2D eigenvalue weighted by molar-refractivity contribution is 7.89. The van der Waals surface area contributed by atoms with Crippen LogP contribution in [0, 0.1) is 11.8 Å². The molecule has 1 N–H and O–H groups in total. The fraction of sp³-hybridized carbons (Fsp3) is 0.588. The van der Waals surface area contributed by atoms with E-state index >= 15 is 0 Å². The Balaban J connectivity index is 1.64. The number of nitrogens with zero attached hydrogens (tertiary/aromatic N) is 1. The molecule has 0 saturated heterocycles. The van der Waals surface area contributed by atoms with Gasteiger partial charge in [-0.1, -0.05) is 24.7 Å². The van der Waals surface area contributed by atoms with Crippen molar-refractivity contribution in [3.05, 3.63) is 27.9 Å². The second-order valence-corrected chi connectivity index (χ2v) is 9.76. The van der Waals surface area contributed by atoms with Crippen LogP contribution in [0.2, 0.25) is 0 Å². The van der Waals surface area contributed by atoms with Crippen molar-refractivity contribution in [1.82, 2.24) is 9.29 Å². The maximum absolute atomic E-state index is 12.7. The molecule has 2 aromatic rings. The molecule has 3 atom stereocenters. The van der Waals surface area contributed by atoms with Gasteiger partial charge in [-0.3, -0.25) is 9.36 Å². The fourth-order valence-corrected chi connectivity index (χ4v) is 6.68. The van der Waals surface area contributed by atoms with Crippen LogP contribution >= 0.6 is 11.3 Å². The van der Waals surface area contributed by atoms with Crippen molar-refractivity contribution < 1.29 is 8.42 Å². The lowest BCUT2D eigenvalue weighted by molar-refractivity contribution is 0.390. The molecule has 2 saturated carbocycles. The number of aryl methyl sites for hydroxylation is 1. The number of nitrogens with one attached hydrogen (secondary N) is 1. The van der Waals surface area contributed by atoms with Gasteiger partial charge in [0, 0.05) is 12.6 Å². The minimum Gasteiger partial charge on any atom is -0.299 e. The van der Waals surface area contributed by atoms with Crippen LogP contribution in [0.25, 0.3) is 10.2 Å². The molecule has 2 aliphatic rings. The molecule has 4 rings (SSSR count). The van der Waals surface area contributed by atoms with Gasteiger partial charge in [0.05, 0.1) is 15.1 Å². The summed E-state index contributed by atoms with van der Waals surface area (Å²) in [6.07, 6.45) is 5.38. The third kappa shape index (κ3) is 2.72. The van der Waals surface area contributed by atoms with E-state index in [0.29, 0.717) is 18.4 Å². The molecule has 0 spiro atoms. The van der Waals surface area contributed by atoms with Crippen LogP contribution < -0.4 is 9.60 Å². The van der Waals surface area contributed by atoms with E-state index in [4.69, 9.17) is 0 Å². The maximum atomic E-state index is 12.7. The van der Waals surface area contributed by atoms with Gasteiger partial charge in [0.15, 0.2) is 0 Å². The first kappa shape index (κ1) is 16.3. The number of sulfonamides is 1. The van der Waals surface area contributed by atoms with Gasteiger partial charge in [-0.25, -0.2) is 13.1 Å². The average Bonchev–Trinajstić information content (AvgIpc) is 3.22. The molecule has 2 bridgehead atoms. The summed E-state index contributed by atoms with van der Waals surface area (Å²) >= 11 is 1.12. The number of hydrogen-bond donors (Lipinski definition) is 1. The summed E-state index contributed by atoms with van der Waals surface area (Å²) in [6.45, 7) is 2.68. The monoisotopic (exact) mass is 366 g/mol. The van der Waals surface area contributed by atoms with E-state index in [2.05, 4.69) is 4.72 Å². The molecule has 0 amide bonds. The van der Waals surface area contributed by atoms with Crippen LogP contribution in [0.3, 0.4) is 0 Å². The second-order valence-electron chi connectivity index (χ2n) is 7.05. The Bertz CT molecular complexity index is 929. The first-order valence-electron chi connectivity index (χ1n) is 8.63. The molecule has 0 aliphatic heterocycles. The van der Waals surface area contributed by atoms with Gasteiger partial charge >= 0.3 is 4.87 Å². The van der Waals surface area contributed by atoms with Crippen LogP contribution in [-0.2, 0) is 16.6 Å². The molecule has 24 heavy (non-hydrogen) atoms. The Kier molecular flexibility index (Phi) is 4.05. The molecule has 1 aromatic heterocycles. The Morgan fingerprint density at radius 1 is 1.29 bits per heavy atom. The topological polar surface area (TPSA) is 68.2 Å². The number of rotatable bonds is 5. The Labute approximate surface area is 145 Å². The number of hydrogen-bond acceptors (Lipinski definition) is 4. The fourth-order valence-electron chi connectivity index (χ4n) is 4.31. The molecule has 1 heterocycles. The van der Waals surface area contributed by atoms with Crippen LogP contribution in [0.4, 0.5) is 0 Å². The normalized spacial score (nSPS) is 26.5. The van der Waals surface area contributed by atoms with Crippen molar-refractivity contribution in [2.75, 3.05) is 0 Å². The van der Waals surface area contributed by atoms with E-state index < -0.39 is 10.0 Å². The quantitative estimate of drug-likeness (QED) is 0.885. The summed E-state index contributed by atoms with van der Waals surface area (Å²) < 4.78 is 30.8. The Hall–Kier alpha value is -1.18. The zero-order valence-corrected chi connectivity index (χ0v) is 15.3. The van der Waals surface area contributed by atoms with Gasteiger partial charge in [-0.05, 0) is 55.7 Å². The van der Waals surface area contributed by atoms with Crippen LogP contribution in [0.1, 0.15) is 39.0 Å². The molecule has 2 fully saturated rings. The summed E-state index contributed by atoms with van der Waals surface area (Å²) in [5.41, 5.74) is 0.825. The predicted molar refractivity (Wildman–Crippen MR) is 95.9 cm³/mol. The summed E-state index contributed by atoms with van der Waals surface area (Å²) in [5, 5.41) is 0. The van der Waals surface area contributed by atoms with Crippen molar-refractivity contribution >= 4 is 31.6 Å². The first-order valence-corrected chi connectivity index (χ1v) is 10.9.